The summed E-state index contributed by atoms with van der Waals surface area (Å²) in [4.78, 5) is 10.5. The van der Waals surface area contributed by atoms with Gasteiger partial charge in [-0.1, -0.05) is 11.3 Å². The van der Waals surface area contributed by atoms with Crippen LogP contribution in [0.15, 0.2) is 33.9 Å². The van der Waals surface area contributed by atoms with E-state index in [0.29, 0.717) is 5.69 Å². The zero-order chi connectivity index (χ0) is 14.1. The monoisotopic (exact) mass is 304 g/mol. The van der Waals surface area contributed by atoms with Crippen molar-refractivity contribution in [3.8, 4) is 0 Å². The lowest BCUT2D eigenvalue weighted by atomic mass is 10.2. The molecule has 2 N–H and O–H groups in total. The molecule has 0 saturated carbocycles. The fourth-order valence-electron chi connectivity index (χ4n) is 1.64. The Bertz CT molecular complexity index is 755. The molecule has 0 aliphatic carbocycles. The first-order chi connectivity index (χ1) is 9.63. The van der Waals surface area contributed by atoms with Crippen molar-refractivity contribution in [2.75, 3.05) is 24.7 Å². The van der Waals surface area contributed by atoms with Crippen LogP contribution in [-0.4, -0.2) is 34.3 Å². The number of nitrogen functional groups attached to an aromatic ring is 1. The first-order valence-corrected chi connectivity index (χ1v) is 7.46. The van der Waals surface area contributed by atoms with Crippen LogP contribution in [0.4, 0.5) is 10.8 Å². The molecule has 3 aromatic rings. The molecule has 6 nitrogen and oxygen atoms in total. The van der Waals surface area contributed by atoms with Crippen LogP contribution in [0.2, 0.25) is 0 Å². The highest BCUT2D eigenvalue weighted by Crippen LogP contribution is 2.35. The maximum absolute atomic E-state index is 5.83. The van der Waals surface area contributed by atoms with E-state index in [1.165, 1.54) is 23.1 Å². The van der Waals surface area contributed by atoms with Gasteiger partial charge in [0.15, 0.2) is 4.34 Å². The molecular formula is C12H12N6S2. The van der Waals surface area contributed by atoms with Crippen molar-refractivity contribution >= 4 is 44.8 Å². The van der Waals surface area contributed by atoms with Gasteiger partial charge in [0.25, 0.3) is 0 Å². The molecule has 1 aromatic carbocycles. The number of anilines is 2. The largest absolute Gasteiger partial charge is 0.399 e. The fourth-order valence-corrected chi connectivity index (χ4v) is 3.39. The third kappa shape index (κ3) is 2.52. The number of fused-ring (bicyclic) bond motifs is 1. The van der Waals surface area contributed by atoms with Crippen molar-refractivity contribution < 1.29 is 0 Å². The Kier molecular flexibility index (Phi) is 3.41. The molecule has 3 rings (SSSR count). The topological polar surface area (TPSA) is 80.8 Å². The summed E-state index contributed by atoms with van der Waals surface area (Å²) >= 11 is 3.00. The average Bonchev–Trinajstić information content (AvgIpc) is 2.88. The Morgan fingerprint density at radius 3 is 2.80 bits per heavy atom. The van der Waals surface area contributed by atoms with Crippen molar-refractivity contribution in [3.05, 3.63) is 24.5 Å². The van der Waals surface area contributed by atoms with Crippen LogP contribution < -0.4 is 10.6 Å². The Morgan fingerprint density at radius 1 is 1.20 bits per heavy atom. The standard InChI is InChI=1S/C12H12N6S2/c1-18(2)11-16-17-12(20-11)19-10-8-5-7(13)3-4-9(8)14-6-15-10/h3-6H,13H2,1-2H3. The summed E-state index contributed by atoms with van der Waals surface area (Å²) in [5.41, 5.74) is 7.40. The van der Waals surface area contributed by atoms with E-state index in [0.717, 1.165) is 25.4 Å². The molecule has 2 heterocycles. The highest BCUT2D eigenvalue weighted by atomic mass is 32.2. The number of nitrogens with two attached hydrogens (primary N) is 1. The van der Waals surface area contributed by atoms with Crippen molar-refractivity contribution in [2.45, 2.75) is 9.37 Å². The van der Waals surface area contributed by atoms with Gasteiger partial charge in [0, 0.05) is 25.2 Å². The van der Waals surface area contributed by atoms with Crippen molar-refractivity contribution in [1.29, 1.82) is 0 Å². The Hall–Kier alpha value is -1.93. The first kappa shape index (κ1) is 13.1. The van der Waals surface area contributed by atoms with Crippen LogP contribution in [0.3, 0.4) is 0 Å². The first-order valence-electron chi connectivity index (χ1n) is 5.82. The zero-order valence-corrected chi connectivity index (χ0v) is 12.6. The zero-order valence-electron chi connectivity index (χ0n) is 10.9. The van der Waals surface area contributed by atoms with Crippen molar-refractivity contribution in [1.82, 2.24) is 20.2 Å². The molecule has 20 heavy (non-hydrogen) atoms. The second-order valence-electron chi connectivity index (χ2n) is 4.30. The lowest BCUT2D eigenvalue weighted by molar-refractivity contribution is 0.970. The molecule has 0 fully saturated rings. The van der Waals surface area contributed by atoms with Gasteiger partial charge in [-0.2, -0.15) is 0 Å². The molecule has 8 heteroatoms. The lowest BCUT2D eigenvalue weighted by Crippen LogP contribution is -2.07. The van der Waals surface area contributed by atoms with E-state index in [1.807, 2.05) is 37.2 Å². The van der Waals surface area contributed by atoms with Crippen molar-refractivity contribution in [3.63, 3.8) is 0 Å². The van der Waals surface area contributed by atoms with Crippen LogP contribution in [0.1, 0.15) is 0 Å². The second kappa shape index (κ2) is 5.22. The molecule has 2 aromatic heterocycles. The smallest absolute Gasteiger partial charge is 0.208 e. The minimum Gasteiger partial charge on any atom is -0.399 e. The van der Waals surface area contributed by atoms with Gasteiger partial charge in [-0.05, 0) is 30.0 Å². The summed E-state index contributed by atoms with van der Waals surface area (Å²) in [5, 5.41) is 10.9. The van der Waals surface area contributed by atoms with E-state index in [1.54, 1.807) is 6.33 Å². The fraction of sp³-hybridized carbons (Fsp3) is 0.167. The molecule has 0 spiro atoms. The molecule has 0 aliphatic heterocycles. The second-order valence-corrected chi connectivity index (χ2v) is 6.49. The normalized spacial score (nSPS) is 10.9. The summed E-state index contributed by atoms with van der Waals surface area (Å²) < 4.78 is 0.844. The lowest BCUT2D eigenvalue weighted by Gasteiger charge is -2.04. The molecule has 0 radical (unpaired) electrons. The maximum Gasteiger partial charge on any atom is 0.208 e. The van der Waals surface area contributed by atoms with Gasteiger partial charge in [-0.25, -0.2) is 9.97 Å². The highest BCUT2D eigenvalue weighted by Gasteiger charge is 2.11. The summed E-state index contributed by atoms with van der Waals surface area (Å²) in [7, 11) is 3.88. The predicted molar refractivity (Wildman–Crippen MR) is 82.3 cm³/mol. The van der Waals surface area contributed by atoms with Crippen LogP contribution in [-0.2, 0) is 0 Å². The molecule has 0 unspecified atom stereocenters. The third-order valence-corrected chi connectivity index (χ3v) is 4.75. The van der Waals surface area contributed by atoms with Gasteiger partial charge in [0.1, 0.15) is 11.4 Å². The number of benzene rings is 1. The summed E-state index contributed by atoms with van der Waals surface area (Å²) in [6.45, 7) is 0. The van der Waals surface area contributed by atoms with Crippen molar-refractivity contribution in [2.24, 2.45) is 0 Å². The molecule has 0 bridgehead atoms. The van der Waals surface area contributed by atoms with Crippen LogP contribution in [0, 0.1) is 0 Å². The van der Waals surface area contributed by atoms with Gasteiger partial charge in [-0.3, -0.25) is 0 Å². The van der Waals surface area contributed by atoms with E-state index in [-0.39, 0.29) is 0 Å². The molecule has 102 valence electrons. The van der Waals surface area contributed by atoms with E-state index in [9.17, 15) is 0 Å². The van der Waals surface area contributed by atoms with Crippen LogP contribution in [0.25, 0.3) is 10.9 Å². The minimum absolute atomic E-state index is 0.695. The number of nitrogens with zero attached hydrogens (tertiary/aromatic N) is 5. The number of hydrogen-bond donors (Lipinski definition) is 1. The van der Waals surface area contributed by atoms with E-state index in [2.05, 4.69) is 20.2 Å². The predicted octanol–water partition coefficient (Wildman–Crippen LogP) is 2.28. The molecule has 0 aliphatic rings. The highest BCUT2D eigenvalue weighted by molar-refractivity contribution is 8.01. The minimum atomic E-state index is 0.695. The molecule has 0 amide bonds. The summed E-state index contributed by atoms with van der Waals surface area (Å²) in [6, 6.07) is 5.60. The summed E-state index contributed by atoms with van der Waals surface area (Å²) in [6.07, 6.45) is 1.55. The number of hydrogen-bond acceptors (Lipinski definition) is 8. The van der Waals surface area contributed by atoms with Crippen LogP contribution in [0.5, 0.6) is 0 Å². The van der Waals surface area contributed by atoms with Gasteiger partial charge in [-0.15, -0.1) is 10.2 Å². The maximum atomic E-state index is 5.83. The van der Waals surface area contributed by atoms with Gasteiger partial charge in [0.05, 0.1) is 5.52 Å². The van der Waals surface area contributed by atoms with Gasteiger partial charge >= 0.3 is 0 Å². The Labute approximate surface area is 124 Å². The van der Waals surface area contributed by atoms with Gasteiger partial charge in [0.2, 0.25) is 5.13 Å². The van der Waals surface area contributed by atoms with E-state index < -0.39 is 0 Å². The SMILES string of the molecule is CN(C)c1nnc(Sc2ncnc3ccc(N)cc23)s1. The number of aromatic nitrogens is 4. The Balaban J connectivity index is 1.99. The van der Waals surface area contributed by atoms with E-state index in [4.69, 9.17) is 5.73 Å². The van der Waals surface area contributed by atoms with Crippen LogP contribution >= 0.6 is 23.1 Å². The number of rotatable bonds is 3. The Morgan fingerprint density at radius 2 is 2.05 bits per heavy atom. The molecular weight excluding hydrogens is 292 g/mol. The summed E-state index contributed by atoms with van der Waals surface area (Å²) in [5.74, 6) is 0. The quantitative estimate of drug-likeness (QED) is 0.587. The molecule has 0 atom stereocenters. The average molecular weight is 304 g/mol. The van der Waals surface area contributed by atoms with E-state index >= 15 is 0 Å². The molecule has 0 saturated heterocycles. The third-order valence-electron chi connectivity index (χ3n) is 2.59. The van der Waals surface area contributed by atoms with Gasteiger partial charge < -0.3 is 10.6 Å².